The topological polar surface area (TPSA) is 141 Å². The molecule has 0 aromatic heterocycles. The predicted octanol–water partition coefficient (Wildman–Crippen LogP) is 1.17. The molecule has 0 heterocycles. The van der Waals surface area contributed by atoms with Crippen molar-refractivity contribution in [2.45, 2.75) is 9.79 Å². The van der Waals surface area contributed by atoms with E-state index in [4.69, 9.17) is 17.2 Å². The summed E-state index contributed by atoms with van der Waals surface area (Å²) in [7, 11) is -3.79. The highest BCUT2D eigenvalue weighted by Gasteiger charge is 2.22. The Bertz CT molecular complexity index is 789. The van der Waals surface area contributed by atoms with Crippen LogP contribution in [0.15, 0.2) is 52.3 Å². The summed E-state index contributed by atoms with van der Waals surface area (Å²) in [5.74, 6) is 0. The van der Waals surface area contributed by atoms with Crippen LogP contribution < -0.4 is 22.5 Å². The molecule has 2 aromatic carbocycles. The van der Waals surface area contributed by atoms with Crippen LogP contribution in [-0.4, -0.2) is 14.4 Å². The number of primary amides is 1. The summed E-state index contributed by atoms with van der Waals surface area (Å²) in [6.07, 6.45) is 0. The van der Waals surface area contributed by atoms with Gasteiger partial charge in [-0.05, 0) is 24.3 Å². The summed E-state index contributed by atoms with van der Waals surface area (Å²) in [6, 6.07) is 9.63. The number of anilines is 3. The number of carbonyl (C=O) groups is 1. The molecule has 0 unspecified atom stereocenters. The summed E-state index contributed by atoms with van der Waals surface area (Å²) >= 11 is 0. The SMILES string of the molecule is NC(=O)Nc1ccc(S(=O)(=O)c2ccccc2)c(N)c1N. The normalized spacial score (nSPS) is 11.0. The van der Waals surface area contributed by atoms with Gasteiger partial charge in [-0.3, -0.25) is 0 Å². The first-order valence-corrected chi connectivity index (χ1v) is 7.37. The van der Waals surface area contributed by atoms with E-state index in [9.17, 15) is 13.2 Å². The van der Waals surface area contributed by atoms with E-state index in [0.717, 1.165) is 0 Å². The first kappa shape index (κ1) is 14.7. The van der Waals surface area contributed by atoms with Crippen molar-refractivity contribution in [3.05, 3.63) is 42.5 Å². The third-order valence-electron chi connectivity index (χ3n) is 2.85. The Balaban J connectivity index is 2.56. The number of sulfone groups is 1. The van der Waals surface area contributed by atoms with Crippen molar-refractivity contribution < 1.29 is 13.2 Å². The minimum Gasteiger partial charge on any atom is -0.396 e. The smallest absolute Gasteiger partial charge is 0.316 e. The van der Waals surface area contributed by atoms with E-state index < -0.39 is 15.9 Å². The molecule has 0 saturated heterocycles. The van der Waals surface area contributed by atoms with Gasteiger partial charge in [-0.25, -0.2) is 13.2 Å². The van der Waals surface area contributed by atoms with E-state index in [2.05, 4.69) is 5.32 Å². The number of carbonyl (C=O) groups excluding carboxylic acids is 1. The molecule has 2 rings (SSSR count). The molecule has 0 aliphatic heterocycles. The van der Waals surface area contributed by atoms with Crippen molar-refractivity contribution in [3.63, 3.8) is 0 Å². The fourth-order valence-corrected chi connectivity index (χ4v) is 3.24. The minimum absolute atomic E-state index is 0.0502. The Morgan fingerprint density at radius 1 is 0.952 bits per heavy atom. The Morgan fingerprint density at radius 2 is 1.57 bits per heavy atom. The number of rotatable bonds is 3. The van der Waals surface area contributed by atoms with Crippen molar-refractivity contribution in [2.75, 3.05) is 16.8 Å². The third kappa shape index (κ3) is 2.75. The summed E-state index contributed by atoms with van der Waals surface area (Å²) in [5.41, 5.74) is 16.5. The minimum atomic E-state index is -3.79. The lowest BCUT2D eigenvalue weighted by atomic mass is 10.2. The highest BCUT2D eigenvalue weighted by Crippen LogP contribution is 2.34. The molecular weight excluding hydrogens is 292 g/mol. The molecule has 0 fully saturated rings. The monoisotopic (exact) mass is 306 g/mol. The van der Waals surface area contributed by atoms with Gasteiger partial charge >= 0.3 is 6.03 Å². The van der Waals surface area contributed by atoms with Crippen LogP contribution in [0.4, 0.5) is 21.9 Å². The molecule has 2 amide bonds. The van der Waals surface area contributed by atoms with Crippen molar-refractivity contribution in [2.24, 2.45) is 5.73 Å². The average molecular weight is 306 g/mol. The van der Waals surface area contributed by atoms with Gasteiger partial charge in [0.25, 0.3) is 0 Å². The van der Waals surface area contributed by atoms with E-state index in [-0.39, 0.29) is 26.9 Å². The van der Waals surface area contributed by atoms with Gasteiger partial charge in [-0.15, -0.1) is 0 Å². The Labute approximate surface area is 121 Å². The second kappa shape index (κ2) is 5.33. The van der Waals surface area contributed by atoms with Gasteiger partial charge in [0.05, 0.1) is 26.9 Å². The molecule has 2 aromatic rings. The largest absolute Gasteiger partial charge is 0.396 e. The maximum absolute atomic E-state index is 12.5. The Morgan fingerprint density at radius 3 is 2.14 bits per heavy atom. The fraction of sp³-hybridized carbons (Fsp3) is 0. The molecule has 0 aliphatic rings. The fourth-order valence-electron chi connectivity index (χ4n) is 1.82. The summed E-state index contributed by atoms with van der Waals surface area (Å²) in [5, 5.41) is 2.27. The highest BCUT2D eigenvalue weighted by molar-refractivity contribution is 7.91. The lowest BCUT2D eigenvalue weighted by molar-refractivity contribution is 0.259. The summed E-state index contributed by atoms with van der Waals surface area (Å²) in [6.45, 7) is 0. The van der Waals surface area contributed by atoms with Crippen LogP contribution in [-0.2, 0) is 9.84 Å². The Hall–Kier alpha value is -2.74. The molecule has 0 saturated carbocycles. The average Bonchev–Trinajstić information content (AvgIpc) is 2.44. The third-order valence-corrected chi connectivity index (χ3v) is 4.68. The highest BCUT2D eigenvalue weighted by atomic mass is 32.2. The maximum atomic E-state index is 12.5. The first-order valence-electron chi connectivity index (χ1n) is 5.88. The molecule has 7 nitrogen and oxygen atoms in total. The lowest BCUT2D eigenvalue weighted by Gasteiger charge is -2.13. The van der Waals surface area contributed by atoms with Gasteiger partial charge in [0.1, 0.15) is 0 Å². The molecule has 0 atom stereocenters. The predicted molar refractivity (Wildman–Crippen MR) is 80.4 cm³/mol. The van der Waals surface area contributed by atoms with Gasteiger partial charge in [-0.1, -0.05) is 18.2 Å². The van der Waals surface area contributed by atoms with Crippen LogP contribution in [0.1, 0.15) is 0 Å². The summed E-state index contributed by atoms with van der Waals surface area (Å²) in [4.78, 5) is 10.8. The van der Waals surface area contributed by atoms with Crippen LogP contribution in [0.25, 0.3) is 0 Å². The molecular formula is C13H14N4O3S. The Kier molecular flexibility index (Phi) is 3.72. The molecule has 0 bridgehead atoms. The quantitative estimate of drug-likeness (QED) is 0.630. The number of nitrogen functional groups attached to an aromatic ring is 2. The zero-order valence-corrected chi connectivity index (χ0v) is 11.7. The zero-order chi connectivity index (χ0) is 15.6. The van der Waals surface area contributed by atoms with Crippen molar-refractivity contribution in [3.8, 4) is 0 Å². The summed E-state index contributed by atoms with van der Waals surface area (Å²) < 4.78 is 25.0. The number of nitrogens with two attached hydrogens (primary N) is 3. The number of urea groups is 1. The van der Waals surface area contributed by atoms with Crippen LogP contribution in [0.2, 0.25) is 0 Å². The number of hydrogen-bond acceptors (Lipinski definition) is 5. The van der Waals surface area contributed by atoms with Crippen LogP contribution in [0, 0.1) is 0 Å². The van der Waals surface area contributed by atoms with E-state index in [1.807, 2.05) is 0 Å². The van der Waals surface area contributed by atoms with Gasteiger partial charge in [0.2, 0.25) is 9.84 Å². The second-order valence-electron chi connectivity index (χ2n) is 4.24. The second-order valence-corrected chi connectivity index (χ2v) is 6.16. The standard InChI is InChI=1S/C13H14N4O3S/c14-11-9(17-13(16)18)6-7-10(12(11)15)21(19,20)8-4-2-1-3-5-8/h1-7H,14-15H2,(H3,16,17,18). The van der Waals surface area contributed by atoms with Crippen molar-refractivity contribution in [1.29, 1.82) is 0 Å². The maximum Gasteiger partial charge on any atom is 0.316 e. The molecule has 0 spiro atoms. The number of amides is 2. The molecule has 8 heteroatoms. The van der Waals surface area contributed by atoms with Crippen molar-refractivity contribution in [1.82, 2.24) is 0 Å². The number of benzene rings is 2. The van der Waals surface area contributed by atoms with E-state index >= 15 is 0 Å². The van der Waals surface area contributed by atoms with Gasteiger partial charge in [0, 0.05) is 0 Å². The number of nitrogens with one attached hydrogen (secondary N) is 1. The molecule has 21 heavy (non-hydrogen) atoms. The van der Waals surface area contributed by atoms with E-state index in [0.29, 0.717) is 0 Å². The van der Waals surface area contributed by atoms with Gasteiger partial charge in [0.15, 0.2) is 0 Å². The van der Waals surface area contributed by atoms with Crippen LogP contribution in [0.3, 0.4) is 0 Å². The van der Waals surface area contributed by atoms with Gasteiger partial charge < -0.3 is 22.5 Å². The van der Waals surface area contributed by atoms with E-state index in [1.165, 1.54) is 24.3 Å². The molecule has 0 aliphatic carbocycles. The first-order chi connectivity index (χ1) is 9.84. The zero-order valence-electron chi connectivity index (χ0n) is 10.9. The van der Waals surface area contributed by atoms with Crippen LogP contribution in [0.5, 0.6) is 0 Å². The van der Waals surface area contributed by atoms with E-state index in [1.54, 1.807) is 18.2 Å². The van der Waals surface area contributed by atoms with Crippen molar-refractivity contribution >= 4 is 32.9 Å². The number of hydrogen-bond donors (Lipinski definition) is 4. The molecule has 0 radical (unpaired) electrons. The molecule has 7 N–H and O–H groups in total. The van der Waals surface area contributed by atoms with Crippen LogP contribution >= 0.6 is 0 Å². The van der Waals surface area contributed by atoms with Gasteiger partial charge in [-0.2, -0.15) is 0 Å². The molecule has 110 valence electrons. The lowest BCUT2D eigenvalue weighted by Crippen LogP contribution is -2.20.